The lowest BCUT2D eigenvalue weighted by atomic mass is 9.89. The monoisotopic (exact) mass is 885 g/mol. The van der Waals surface area contributed by atoms with E-state index < -0.39 is 70.2 Å². The first-order chi connectivity index (χ1) is 30.5. The van der Waals surface area contributed by atoms with Crippen LogP contribution in [0.15, 0.2) is 78.9 Å². The zero-order chi connectivity index (χ0) is 45.8. The van der Waals surface area contributed by atoms with Crippen molar-refractivity contribution < 1.29 is 60.5 Å². The molecule has 4 aromatic rings. The Bertz CT molecular complexity index is 2510. The number of likely N-dealkylation sites (tertiary alicyclic amines) is 1. The minimum absolute atomic E-state index is 0.0339. The van der Waals surface area contributed by atoms with Gasteiger partial charge in [0.05, 0.1) is 54.8 Å². The third-order valence-corrected chi connectivity index (χ3v) is 11.0. The number of alkyl halides is 3. The van der Waals surface area contributed by atoms with Gasteiger partial charge in [-0.3, -0.25) is 34.2 Å². The van der Waals surface area contributed by atoms with Crippen molar-refractivity contribution in [1.29, 1.82) is 5.26 Å². The Morgan fingerprint density at radius 1 is 0.859 bits per heavy atom. The highest BCUT2D eigenvalue weighted by Gasteiger charge is 2.49. The third-order valence-electron chi connectivity index (χ3n) is 11.0. The first kappa shape index (κ1) is 45.2. The number of nitrogens with zero attached hydrogens (tertiary/aromatic N) is 3. The Balaban J connectivity index is 0.809. The molecule has 14 nitrogen and oxygen atoms in total. The number of hydrogen-bond donors (Lipinski definition) is 2. The van der Waals surface area contributed by atoms with Crippen molar-refractivity contribution in [1.82, 2.24) is 15.1 Å². The maximum atomic E-state index is 15.4. The van der Waals surface area contributed by atoms with Gasteiger partial charge in [0.25, 0.3) is 17.7 Å². The Morgan fingerprint density at radius 2 is 1.56 bits per heavy atom. The number of piperidine rings is 1. The fourth-order valence-corrected chi connectivity index (χ4v) is 7.83. The smallest absolute Gasteiger partial charge is 0.417 e. The number of ether oxygens (including phenoxy) is 4. The molecule has 7 rings (SSSR count). The molecule has 3 aliphatic heterocycles. The average Bonchev–Trinajstić information content (AvgIpc) is 3.64. The van der Waals surface area contributed by atoms with Crippen LogP contribution in [-0.4, -0.2) is 97.6 Å². The van der Waals surface area contributed by atoms with Crippen LogP contribution in [0.5, 0.6) is 11.5 Å². The van der Waals surface area contributed by atoms with Crippen LogP contribution in [0.2, 0.25) is 0 Å². The van der Waals surface area contributed by atoms with Gasteiger partial charge in [-0.2, -0.15) is 18.4 Å². The van der Waals surface area contributed by atoms with Crippen LogP contribution in [0.1, 0.15) is 64.1 Å². The molecule has 2 unspecified atom stereocenters. The van der Waals surface area contributed by atoms with Gasteiger partial charge in [-0.15, -0.1) is 0 Å². The molecule has 4 aromatic carbocycles. The molecule has 3 aliphatic rings. The van der Waals surface area contributed by atoms with E-state index in [0.29, 0.717) is 36.2 Å². The standard InChI is InChI=1S/C46H43F4N5O9/c1-45(2)26-54(44(60)40(45)64-32-13-10-29(24-51)34(23-32)46(48,49)50)25-30-7-6-28(22-35(30)47)27-8-11-31(12-9-27)63-21-20-62-19-18-61-17-16-52-36-5-3-4-33-39(36)43(59)55(42(33)58)37-14-15-38(56)53-41(37)57/h3-13,22-23,37,40,52H,14-21,25-26H2,1-2H3,(H,53,56,57). The van der Waals surface area contributed by atoms with Gasteiger partial charge in [0.15, 0.2) is 6.10 Å². The van der Waals surface area contributed by atoms with Crippen molar-refractivity contribution in [2.45, 2.75) is 51.6 Å². The number of benzene rings is 4. The molecule has 2 saturated heterocycles. The van der Waals surface area contributed by atoms with E-state index in [1.54, 1.807) is 62.4 Å². The molecule has 0 bridgehead atoms. The predicted octanol–water partition coefficient (Wildman–Crippen LogP) is 6.12. The summed E-state index contributed by atoms with van der Waals surface area (Å²) in [6, 6.07) is 19.9. The number of fused-ring (bicyclic) bond motifs is 1. The summed E-state index contributed by atoms with van der Waals surface area (Å²) in [6.07, 6.45) is -5.82. The molecule has 0 spiro atoms. The largest absolute Gasteiger partial charge is 0.491 e. The van der Waals surface area contributed by atoms with Gasteiger partial charge in [0.2, 0.25) is 11.8 Å². The highest BCUT2D eigenvalue weighted by Crippen LogP contribution is 2.39. The SMILES string of the molecule is CC1(C)CN(Cc2ccc(-c3ccc(OCCOCCOCCNc4cccc5c4C(=O)N(C4CCC(=O)NC4=O)C5=O)cc3)cc2F)C(=O)C1Oc1ccc(C#N)c(C(F)(F)F)c1. The van der Waals surface area contributed by atoms with Gasteiger partial charge >= 0.3 is 6.18 Å². The van der Waals surface area contributed by atoms with E-state index in [-0.39, 0.29) is 74.8 Å². The quantitative estimate of drug-likeness (QED) is 0.0710. The maximum Gasteiger partial charge on any atom is 0.417 e. The molecule has 18 heteroatoms. The average molecular weight is 886 g/mol. The number of hydrogen-bond acceptors (Lipinski definition) is 11. The zero-order valence-electron chi connectivity index (χ0n) is 34.8. The van der Waals surface area contributed by atoms with Crippen molar-refractivity contribution in [2.24, 2.45) is 5.41 Å². The van der Waals surface area contributed by atoms with Gasteiger partial charge in [-0.05, 0) is 66.1 Å². The number of nitriles is 1. The molecule has 0 aromatic heterocycles. The molecule has 3 heterocycles. The van der Waals surface area contributed by atoms with Crippen LogP contribution >= 0.6 is 0 Å². The van der Waals surface area contributed by atoms with Crippen molar-refractivity contribution in [3.05, 3.63) is 112 Å². The minimum atomic E-state index is -4.79. The van der Waals surface area contributed by atoms with Gasteiger partial charge in [0.1, 0.15) is 30.0 Å². The van der Waals surface area contributed by atoms with Gasteiger partial charge in [-0.1, -0.05) is 44.2 Å². The summed E-state index contributed by atoms with van der Waals surface area (Å²) in [4.78, 5) is 65.9. The lowest BCUT2D eigenvalue weighted by molar-refractivity contribution is -0.138. The highest BCUT2D eigenvalue weighted by molar-refractivity contribution is 6.25. The van der Waals surface area contributed by atoms with E-state index in [4.69, 9.17) is 24.2 Å². The summed E-state index contributed by atoms with van der Waals surface area (Å²) < 4.78 is 78.8. The van der Waals surface area contributed by atoms with Crippen LogP contribution in [0.25, 0.3) is 11.1 Å². The zero-order valence-corrected chi connectivity index (χ0v) is 34.8. The molecular formula is C46H43F4N5O9. The molecule has 5 amide bonds. The van der Waals surface area contributed by atoms with Crippen LogP contribution < -0.4 is 20.1 Å². The lowest BCUT2D eigenvalue weighted by Crippen LogP contribution is -2.54. The van der Waals surface area contributed by atoms with Crippen molar-refractivity contribution in [2.75, 3.05) is 51.4 Å². The number of halogens is 4. The molecule has 0 radical (unpaired) electrons. The van der Waals surface area contributed by atoms with E-state index >= 15 is 4.39 Å². The summed E-state index contributed by atoms with van der Waals surface area (Å²) in [6.45, 7) is 5.28. The minimum Gasteiger partial charge on any atom is -0.491 e. The van der Waals surface area contributed by atoms with E-state index in [2.05, 4.69) is 10.6 Å². The normalized spacial score (nSPS) is 18.2. The summed E-state index contributed by atoms with van der Waals surface area (Å²) >= 11 is 0. The summed E-state index contributed by atoms with van der Waals surface area (Å²) in [5.74, 6) is -2.97. The van der Waals surface area contributed by atoms with Crippen LogP contribution in [0.3, 0.4) is 0 Å². The first-order valence-corrected chi connectivity index (χ1v) is 20.4. The summed E-state index contributed by atoms with van der Waals surface area (Å²) in [5.41, 5.74) is -0.197. The maximum absolute atomic E-state index is 15.4. The molecule has 334 valence electrons. The summed E-state index contributed by atoms with van der Waals surface area (Å²) in [5, 5.41) is 14.4. The number of carbonyl (C=O) groups excluding carboxylic acids is 5. The van der Waals surface area contributed by atoms with E-state index in [0.717, 1.165) is 16.5 Å². The Labute approximate surface area is 365 Å². The molecular weight excluding hydrogens is 843 g/mol. The molecule has 2 atom stereocenters. The second-order valence-electron chi connectivity index (χ2n) is 16.0. The number of imide groups is 2. The first-order valence-electron chi connectivity index (χ1n) is 20.4. The van der Waals surface area contributed by atoms with Gasteiger partial charge in [-0.25, -0.2) is 4.39 Å². The van der Waals surface area contributed by atoms with Crippen LogP contribution in [-0.2, 0) is 36.6 Å². The predicted molar refractivity (Wildman–Crippen MR) is 220 cm³/mol. The molecule has 64 heavy (non-hydrogen) atoms. The number of rotatable bonds is 17. The Kier molecular flexibility index (Phi) is 13.3. The fourth-order valence-electron chi connectivity index (χ4n) is 7.83. The fraction of sp³-hybridized carbons (Fsp3) is 0.348. The second-order valence-corrected chi connectivity index (χ2v) is 16.0. The number of nitrogens with one attached hydrogen (secondary N) is 2. The van der Waals surface area contributed by atoms with Gasteiger partial charge in [0, 0.05) is 42.7 Å². The number of carbonyl (C=O) groups is 5. The van der Waals surface area contributed by atoms with Crippen molar-refractivity contribution >= 4 is 35.2 Å². The Hall–Kier alpha value is -6.84. The summed E-state index contributed by atoms with van der Waals surface area (Å²) in [7, 11) is 0. The van der Waals surface area contributed by atoms with Crippen LogP contribution in [0, 0.1) is 22.6 Å². The van der Waals surface area contributed by atoms with E-state index in [1.807, 2.05) is 0 Å². The molecule has 0 aliphatic carbocycles. The van der Waals surface area contributed by atoms with Crippen LogP contribution in [0.4, 0.5) is 23.2 Å². The second kappa shape index (κ2) is 18.9. The van der Waals surface area contributed by atoms with E-state index in [1.165, 1.54) is 29.2 Å². The van der Waals surface area contributed by atoms with Crippen molar-refractivity contribution in [3.8, 4) is 28.7 Å². The Morgan fingerprint density at radius 3 is 2.27 bits per heavy atom. The molecule has 0 saturated carbocycles. The lowest BCUT2D eigenvalue weighted by Gasteiger charge is -2.27. The topological polar surface area (TPSA) is 177 Å². The highest BCUT2D eigenvalue weighted by atomic mass is 19.4. The van der Waals surface area contributed by atoms with E-state index in [9.17, 15) is 37.1 Å². The van der Waals surface area contributed by atoms with Crippen molar-refractivity contribution in [3.63, 3.8) is 0 Å². The number of amides is 5. The molecule has 2 fully saturated rings. The van der Waals surface area contributed by atoms with Gasteiger partial charge < -0.3 is 29.2 Å². The molecule has 2 N–H and O–H groups in total. The number of anilines is 1. The third kappa shape index (κ3) is 9.85.